The summed E-state index contributed by atoms with van der Waals surface area (Å²) in [6, 6.07) is 1.76. The molecule has 3 heterocycles. The van der Waals surface area contributed by atoms with E-state index in [4.69, 9.17) is 0 Å². The quantitative estimate of drug-likeness (QED) is 0.937. The van der Waals surface area contributed by atoms with Crippen molar-refractivity contribution in [3.05, 3.63) is 24.7 Å². The van der Waals surface area contributed by atoms with E-state index in [0.717, 1.165) is 12.1 Å². The highest BCUT2D eigenvalue weighted by molar-refractivity contribution is 5.98. The van der Waals surface area contributed by atoms with Crippen LogP contribution in [0.2, 0.25) is 0 Å². The lowest BCUT2D eigenvalue weighted by molar-refractivity contribution is -0.124. The van der Waals surface area contributed by atoms with Gasteiger partial charge in [0.1, 0.15) is 5.82 Å². The molecule has 1 saturated heterocycles. The van der Waals surface area contributed by atoms with Crippen LogP contribution in [0.3, 0.4) is 0 Å². The van der Waals surface area contributed by atoms with E-state index in [1.807, 2.05) is 27.1 Å². The highest BCUT2D eigenvalue weighted by Gasteiger charge is 2.39. The van der Waals surface area contributed by atoms with Crippen LogP contribution in [0, 0.1) is 5.41 Å². The Labute approximate surface area is 135 Å². The topological polar surface area (TPSA) is 75.9 Å². The first kappa shape index (κ1) is 16.2. The monoisotopic (exact) mass is 322 g/mol. The molecule has 3 rings (SSSR count). The first-order chi connectivity index (χ1) is 9.95. The molecule has 0 spiro atoms. The molecule has 7 nitrogen and oxygen atoms in total. The first-order valence-corrected chi connectivity index (χ1v) is 6.86. The fourth-order valence-electron chi connectivity index (χ4n) is 2.36. The van der Waals surface area contributed by atoms with Crippen LogP contribution in [0.25, 0.3) is 0 Å². The zero-order valence-electron chi connectivity index (χ0n) is 12.8. The van der Waals surface area contributed by atoms with Crippen molar-refractivity contribution in [2.45, 2.75) is 20.3 Å². The van der Waals surface area contributed by atoms with Gasteiger partial charge in [-0.1, -0.05) is 13.8 Å². The summed E-state index contributed by atoms with van der Waals surface area (Å²) in [7, 11) is 1.84. The summed E-state index contributed by atoms with van der Waals surface area (Å²) < 4.78 is 1.69. The Hall–Kier alpha value is -2.15. The van der Waals surface area contributed by atoms with E-state index in [1.165, 1.54) is 0 Å². The maximum atomic E-state index is 12.3. The van der Waals surface area contributed by atoms with Gasteiger partial charge in [-0.15, -0.1) is 12.4 Å². The summed E-state index contributed by atoms with van der Waals surface area (Å²) in [6.45, 7) is 4.62. The van der Waals surface area contributed by atoms with Gasteiger partial charge in [0.15, 0.2) is 0 Å². The standard InChI is InChI=1S/C14H18N6O.ClH/c1-14(2)5-7-20(12(14)21)11-4-6-15-13(18-11)17-10-8-16-19(3)9-10;/h4,6,8-9H,5,7H2,1-3H3,(H,15,17,18);1H. The Morgan fingerprint density at radius 3 is 2.73 bits per heavy atom. The summed E-state index contributed by atoms with van der Waals surface area (Å²) in [4.78, 5) is 22.7. The van der Waals surface area contributed by atoms with Crippen molar-refractivity contribution in [2.75, 3.05) is 16.8 Å². The van der Waals surface area contributed by atoms with Gasteiger partial charge in [-0.25, -0.2) is 4.98 Å². The second kappa shape index (κ2) is 5.92. The number of carbonyl (C=O) groups is 1. The van der Waals surface area contributed by atoms with Crippen molar-refractivity contribution in [1.29, 1.82) is 0 Å². The molecule has 0 radical (unpaired) electrons. The minimum Gasteiger partial charge on any atom is -0.321 e. The molecule has 0 unspecified atom stereocenters. The lowest BCUT2D eigenvalue weighted by Gasteiger charge is -2.18. The summed E-state index contributed by atoms with van der Waals surface area (Å²) in [5.41, 5.74) is 0.491. The van der Waals surface area contributed by atoms with Crippen LogP contribution >= 0.6 is 12.4 Å². The van der Waals surface area contributed by atoms with Crippen molar-refractivity contribution in [3.8, 4) is 0 Å². The van der Waals surface area contributed by atoms with Crippen LogP contribution in [0.1, 0.15) is 20.3 Å². The zero-order valence-corrected chi connectivity index (χ0v) is 13.6. The third-order valence-electron chi connectivity index (χ3n) is 3.66. The van der Waals surface area contributed by atoms with Gasteiger partial charge < -0.3 is 5.32 Å². The molecule has 0 aromatic carbocycles. The first-order valence-electron chi connectivity index (χ1n) is 6.86. The minimum absolute atomic E-state index is 0. The predicted octanol–water partition coefficient (Wildman–Crippen LogP) is 2.14. The number of aromatic nitrogens is 4. The van der Waals surface area contributed by atoms with Crippen molar-refractivity contribution in [1.82, 2.24) is 19.7 Å². The molecule has 1 fully saturated rings. The molecule has 1 aliphatic heterocycles. The van der Waals surface area contributed by atoms with Crippen LogP contribution in [-0.4, -0.2) is 32.2 Å². The van der Waals surface area contributed by atoms with Crippen LogP contribution < -0.4 is 10.2 Å². The molecule has 2 aromatic rings. The van der Waals surface area contributed by atoms with E-state index in [0.29, 0.717) is 18.3 Å². The van der Waals surface area contributed by atoms with Gasteiger partial charge in [0.05, 0.1) is 11.9 Å². The molecular weight excluding hydrogens is 304 g/mol. The Morgan fingerprint density at radius 2 is 2.14 bits per heavy atom. The third-order valence-corrected chi connectivity index (χ3v) is 3.66. The fraction of sp³-hybridized carbons (Fsp3) is 0.429. The van der Waals surface area contributed by atoms with E-state index >= 15 is 0 Å². The average Bonchev–Trinajstić information content (AvgIpc) is 2.95. The lowest BCUT2D eigenvalue weighted by Crippen LogP contribution is -2.31. The molecule has 2 aromatic heterocycles. The second-order valence-electron chi connectivity index (χ2n) is 5.86. The van der Waals surface area contributed by atoms with E-state index < -0.39 is 0 Å². The second-order valence-corrected chi connectivity index (χ2v) is 5.86. The molecule has 8 heteroatoms. The molecule has 118 valence electrons. The minimum atomic E-state index is -0.318. The SMILES string of the molecule is Cl.Cn1cc(Nc2nccc(N3CCC(C)(C)C3=O)n2)cn1. The molecular formula is C14H19ClN6O. The number of halogens is 1. The number of hydrogen-bond acceptors (Lipinski definition) is 5. The smallest absolute Gasteiger partial charge is 0.233 e. The fourth-order valence-corrected chi connectivity index (χ4v) is 2.36. The number of aryl methyl sites for hydroxylation is 1. The number of rotatable bonds is 3. The average molecular weight is 323 g/mol. The van der Waals surface area contributed by atoms with E-state index in [2.05, 4.69) is 20.4 Å². The number of carbonyl (C=O) groups excluding carboxylic acids is 1. The van der Waals surface area contributed by atoms with E-state index in [9.17, 15) is 4.79 Å². The summed E-state index contributed by atoms with van der Waals surface area (Å²) in [5.74, 6) is 1.19. The molecule has 0 aliphatic carbocycles. The Bertz CT molecular complexity index is 683. The van der Waals surface area contributed by atoms with Gasteiger partial charge in [0, 0.05) is 31.4 Å². The number of hydrogen-bond donors (Lipinski definition) is 1. The zero-order chi connectivity index (χ0) is 15.0. The largest absolute Gasteiger partial charge is 0.321 e. The Kier molecular flexibility index (Phi) is 4.37. The highest BCUT2D eigenvalue weighted by Crippen LogP contribution is 2.33. The molecule has 0 atom stereocenters. The van der Waals surface area contributed by atoms with Gasteiger partial charge in [0.2, 0.25) is 11.9 Å². The Morgan fingerprint density at radius 1 is 1.36 bits per heavy atom. The van der Waals surface area contributed by atoms with Crippen LogP contribution in [0.4, 0.5) is 17.5 Å². The van der Waals surface area contributed by atoms with Crippen LogP contribution in [0.15, 0.2) is 24.7 Å². The molecule has 0 bridgehead atoms. The van der Waals surface area contributed by atoms with Crippen molar-refractivity contribution in [3.63, 3.8) is 0 Å². The summed E-state index contributed by atoms with van der Waals surface area (Å²) >= 11 is 0. The van der Waals surface area contributed by atoms with Gasteiger partial charge in [-0.3, -0.25) is 14.4 Å². The Balaban J connectivity index is 0.00000176. The predicted molar refractivity (Wildman–Crippen MR) is 86.5 cm³/mol. The molecule has 0 saturated carbocycles. The molecule has 1 amide bonds. The van der Waals surface area contributed by atoms with Gasteiger partial charge >= 0.3 is 0 Å². The van der Waals surface area contributed by atoms with Crippen molar-refractivity contribution in [2.24, 2.45) is 12.5 Å². The van der Waals surface area contributed by atoms with E-state index in [1.54, 1.807) is 28.0 Å². The highest BCUT2D eigenvalue weighted by atomic mass is 35.5. The van der Waals surface area contributed by atoms with Gasteiger partial charge in [-0.2, -0.15) is 10.1 Å². The number of nitrogens with zero attached hydrogens (tertiary/aromatic N) is 5. The molecule has 1 aliphatic rings. The van der Waals surface area contributed by atoms with Crippen LogP contribution in [-0.2, 0) is 11.8 Å². The van der Waals surface area contributed by atoms with Crippen LogP contribution in [0.5, 0.6) is 0 Å². The number of nitrogens with one attached hydrogen (secondary N) is 1. The molecule has 22 heavy (non-hydrogen) atoms. The number of anilines is 3. The lowest BCUT2D eigenvalue weighted by atomic mass is 9.92. The van der Waals surface area contributed by atoms with Gasteiger partial charge in [-0.05, 0) is 12.5 Å². The third kappa shape index (κ3) is 3.04. The summed E-state index contributed by atoms with van der Waals surface area (Å²) in [6.07, 6.45) is 6.02. The molecule has 1 N–H and O–H groups in total. The normalized spacial score (nSPS) is 16.5. The van der Waals surface area contributed by atoms with E-state index in [-0.39, 0.29) is 23.7 Å². The maximum absolute atomic E-state index is 12.3. The van der Waals surface area contributed by atoms with Crippen molar-refractivity contribution < 1.29 is 4.79 Å². The number of amides is 1. The maximum Gasteiger partial charge on any atom is 0.233 e. The van der Waals surface area contributed by atoms with Gasteiger partial charge in [0.25, 0.3) is 0 Å². The van der Waals surface area contributed by atoms with Crippen molar-refractivity contribution >= 4 is 35.8 Å². The summed E-state index contributed by atoms with van der Waals surface area (Å²) in [5, 5.41) is 7.16.